The fraction of sp³-hybridized carbons (Fsp3) is 0.800. The van der Waals surface area contributed by atoms with Crippen LogP contribution in [0.15, 0.2) is 12.2 Å². The van der Waals surface area contributed by atoms with Crippen LogP contribution in [-0.2, 0) is 9.47 Å². The first-order chi connectivity index (χ1) is 5.95. The number of ether oxygens (including phenoxy) is 2. The summed E-state index contributed by atoms with van der Waals surface area (Å²) in [4.78, 5) is 0. The third-order valence-corrected chi connectivity index (χ3v) is 2.54. The molecular weight excluding hydrogens is 152 g/mol. The Morgan fingerprint density at radius 1 is 1.17 bits per heavy atom. The predicted octanol–water partition coefficient (Wildman–Crippen LogP) is 1.90. The molecule has 0 N–H and O–H groups in total. The standard InChI is InChI=1S/C10H16O2/c1-2-6-11-9(4-1)8-10-5-3-7-12-10/h1-2,9-10H,3-8H2. The molecule has 0 amide bonds. The molecule has 68 valence electrons. The first-order valence-corrected chi connectivity index (χ1v) is 4.83. The Morgan fingerprint density at radius 3 is 2.83 bits per heavy atom. The second-order valence-electron chi connectivity index (χ2n) is 3.53. The molecule has 0 aromatic heterocycles. The van der Waals surface area contributed by atoms with Gasteiger partial charge in [-0.2, -0.15) is 0 Å². The van der Waals surface area contributed by atoms with E-state index in [1.54, 1.807) is 0 Å². The molecule has 0 radical (unpaired) electrons. The zero-order valence-corrected chi connectivity index (χ0v) is 7.37. The molecule has 2 unspecified atom stereocenters. The molecule has 0 aliphatic carbocycles. The average Bonchev–Trinajstić information content (AvgIpc) is 2.59. The quantitative estimate of drug-likeness (QED) is 0.586. The lowest BCUT2D eigenvalue weighted by atomic mass is 10.1. The van der Waals surface area contributed by atoms with Gasteiger partial charge in [0.1, 0.15) is 0 Å². The smallest absolute Gasteiger partial charge is 0.0651 e. The lowest BCUT2D eigenvalue weighted by Crippen LogP contribution is -2.22. The summed E-state index contributed by atoms with van der Waals surface area (Å²) < 4.78 is 11.1. The molecule has 2 nitrogen and oxygen atoms in total. The SMILES string of the molecule is C1=CCC(CC2CCCO2)OC1. The summed E-state index contributed by atoms with van der Waals surface area (Å²) >= 11 is 0. The normalized spacial score (nSPS) is 35.7. The van der Waals surface area contributed by atoms with Crippen molar-refractivity contribution in [1.82, 2.24) is 0 Å². The summed E-state index contributed by atoms with van der Waals surface area (Å²) in [6.45, 7) is 1.74. The molecule has 0 spiro atoms. The number of hydrogen-bond donors (Lipinski definition) is 0. The molecule has 2 aliphatic rings. The Balaban J connectivity index is 1.74. The van der Waals surface area contributed by atoms with Gasteiger partial charge in [0.2, 0.25) is 0 Å². The molecule has 0 saturated carbocycles. The van der Waals surface area contributed by atoms with Crippen LogP contribution in [0.5, 0.6) is 0 Å². The Kier molecular flexibility index (Phi) is 2.79. The minimum atomic E-state index is 0.415. The van der Waals surface area contributed by atoms with Gasteiger partial charge in [-0.15, -0.1) is 0 Å². The van der Waals surface area contributed by atoms with Gasteiger partial charge in [0.15, 0.2) is 0 Å². The average molecular weight is 168 g/mol. The van der Waals surface area contributed by atoms with Gasteiger partial charge >= 0.3 is 0 Å². The predicted molar refractivity (Wildman–Crippen MR) is 47.1 cm³/mol. The van der Waals surface area contributed by atoms with Crippen LogP contribution in [0.4, 0.5) is 0 Å². The van der Waals surface area contributed by atoms with Crippen molar-refractivity contribution in [2.24, 2.45) is 0 Å². The van der Waals surface area contributed by atoms with Crippen LogP contribution >= 0.6 is 0 Å². The highest BCUT2D eigenvalue weighted by Crippen LogP contribution is 2.21. The zero-order valence-electron chi connectivity index (χ0n) is 7.37. The molecule has 2 aliphatic heterocycles. The first-order valence-electron chi connectivity index (χ1n) is 4.83. The lowest BCUT2D eigenvalue weighted by Gasteiger charge is -2.21. The van der Waals surface area contributed by atoms with E-state index in [9.17, 15) is 0 Å². The number of hydrogen-bond acceptors (Lipinski definition) is 2. The van der Waals surface area contributed by atoms with Crippen molar-refractivity contribution >= 4 is 0 Å². The number of rotatable bonds is 2. The van der Waals surface area contributed by atoms with E-state index < -0.39 is 0 Å². The van der Waals surface area contributed by atoms with Gasteiger partial charge < -0.3 is 9.47 Å². The fourth-order valence-corrected chi connectivity index (χ4v) is 1.86. The Bertz CT molecular complexity index is 159. The molecular formula is C10H16O2. The fourth-order valence-electron chi connectivity index (χ4n) is 1.86. The molecule has 1 fully saturated rings. The summed E-state index contributed by atoms with van der Waals surface area (Å²) in [5, 5.41) is 0. The minimum absolute atomic E-state index is 0.415. The Morgan fingerprint density at radius 2 is 2.17 bits per heavy atom. The maximum Gasteiger partial charge on any atom is 0.0651 e. The van der Waals surface area contributed by atoms with Crippen molar-refractivity contribution in [1.29, 1.82) is 0 Å². The van der Waals surface area contributed by atoms with Crippen molar-refractivity contribution in [3.63, 3.8) is 0 Å². The van der Waals surface area contributed by atoms with E-state index in [1.807, 2.05) is 0 Å². The second-order valence-corrected chi connectivity index (χ2v) is 3.53. The van der Waals surface area contributed by atoms with Crippen molar-refractivity contribution in [3.8, 4) is 0 Å². The largest absolute Gasteiger partial charge is 0.378 e. The highest BCUT2D eigenvalue weighted by Gasteiger charge is 2.21. The molecule has 1 saturated heterocycles. The summed E-state index contributed by atoms with van der Waals surface area (Å²) in [5.74, 6) is 0. The Labute approximate surface area is 73.5 Å². The van der Waals surface area contributed by atoms with E-state index in [0.717, 1.165) is 26.1 Å². The molecule has 0 aromatic rings. The summed E-state index contributed by atoms with van der Waals surface area (Å²) in [6, 6.07) is 0. The lowest BCUT2D eigenvalue weighted by molar-refractivity contribution is 0.0123. The molecule has 0 bridgehead atoms. The van der Waals surface area contributed by atoms with E-state index in [1.165, 1.54) is 12.8 Å². The van der Waals surface area contributed by atoms with E-state index in [-0.39, 0.29) is 0 Å². The van der Waals surface area contributed by atoms with Gasteiger partial charge in [0, 0.05) is 13.0 Å². The van der Waals surface area contributed by atoms with Crippen LogP contribution in [0, 0.1) is 0 Å². The van der Waals surface area contributed by atoms with Crippen molar-refractivity contribution < 1.29 is 9.47 Å². The van der Waals surface area contributed by atoms with Gasteiger partial charge in [-0.25, -0.2) is 0 Å². The third-order valence-electron chi connectivity index (χ3n) is 2.54. The van der Waals surface area contributed by atoms with Gasteiger partial charge in [-0.1, -0.05) is 12.2 Å². The van der Waals surface area contributed by atoms with Crippen LogP contribution in [0.2, 0.25) is 0 Å². The maximum atomic E-state index is 5.57. The minimum Gasteiger partial charge on any atom is -0.378 e. The summed E-state index contributed by atoms with van der Waals surface area (Å²) in [7, 11) is 0. The van der Waals surface area contributed by atoms with Crippen LogP contribution in [-0.4, -0.2) is 25.4 Å². The molecule has 0 aromatic carbocycles. The molecule has 2 atom stereocenters. The van der Waals surface area contributed by atoms with Crippen LogP contribution in [0.25, 0.3) is 0 Å². The van der Waals surface area contributed by atoms with Gasteiger partial charge in [-0.3, -0.25) is 0 Å². The van der Waals surface area contributed by atoms with Gasteiger partial charge in [0.05, 0.1) is 18.8 Å². The van der Waals surface area contributed by atoms with Crippen molar-refractivity contribution in [2.45, 2.75) is 37.9 Å². The zero-order chi connectivity index (χ0) is 8.23. The third kappa shape index (κ3) is 2.08. The molecule has 2 heterocycles. The Hall–Kier alpha value is -0.340. The van der Waals surface area contributed by atoms with Crippen LogP contribution in [0.3, 0.4) is 0 Å². The van der Waals surface area contributed by atoms with Crippen molar-refractivity contribution in [3.05, 3.63) is 12.2 Å². The van der Waals surface area contributed by atoms with E-state index in [4.69, 9.17) is 9.47 Å². The topological polar surface area (TPSA) is 18.5 Å². The molecule has 2 rings (SSSR count). The van der Waals surface area contributed by atoms with Gasteiger partial charge in [-0.05, 0) is 19.3 Å². The second kappa shape index (κ2) is 4.06. The summed E-state index contributed by atoms with van der Waals surface area (Å²) in [6.07, 6.45) is 9.80. The van der Waals surface area contributed by atoms with Crippen LogP contribution in [0.1, 0.15) is 25.7 Å². The maximum absolute atomic E-state index is 5.57. The highest BCUT2D eigenvalue weighted by molar-refractivity contribution is 4.90. The monoisotopic (exact) mass is 168 g/mol. The van der Waals surface area contributed by atoms with Crippen molar-refractivity contribution in [2.75, 3.05) is 13.2 Å². The van der Waals surface area contributed by atoms with E-state index in [0.29, 0.717) is 12.2 Å². The summed E-state index contributed by atoms with van der Waals surface area (Å²) in [5.41, 5.74) is 0. The van der Waals surface area contributed by atoms with E-state index >= 15 is 0 Å². The first kappa shape index (κ1) is 8.27. The van der Waals surface area contributed by atoms with Crippen LogP contribution < -0.4 is 0 Å². The van der Waals surface area contributed by atoms with E-state index in [2.05, 4.69) is 12.2 Å². The highest BCUT2D eigenvalue weighted by atomic mass is 16.5. The molecule has 2 heteroatoms. The molecule has 12 heavy (non-hydrogen) atoms. The van der Waals surface area contributed by atoms with Gasteiger partial charge in [0.25, 0.3) is 0 Å².